The fourth-order valence-electron chi connectivity index (χ4n) is 1.72. The van der Waals surface area contributed by atoms with Crippen molar-refractivity contribution in [1.29, 1.82) is 0 Å². The summed E-state index contributed by atoms with van der Waals surface area (Å²) in [4.78, 5) is 1.04. The van der Waals surface area contributed by atoms with Gasteiger partial charge in [-0.1, -0.05) is 59.8 Å². The van der Waals surface area contributed by atoms with Crippen LogP contribution >= 0.6 is 11.8 Å². The number of rotatable bonds is 4. The molecule has 4 heteroatoms. The lowest BCUT2D eigenvalue weighted by molar-refractivity contribution is 0.691. The van der Waals surface area contributed by atoms with Crippen LogP contribution in [0.4, 0.5) is 0 Å². The summed E-state index contributed by atoms with van der Waals surface area (Å²) >= 11 is 1.46. The monoisotopic (exact) mass is 303 g/mol. The molecule has 0 spiro atoms. The smallest absolute Gasteiger partial charge is 0.0997 e. The van der Waals surface area contributed by atoms with Crippen LogP contribution in [0.1, 0.15) is 11.1 Å². The second kappa shape index (κ2) is 6.77. The van der Waals surface area contributed by atoms with Gasteiger partial charge in [0.15, 0.2) is 0 Å². The highest BCUT2D eigenvalue weighted by Crippen LogP contribution is 2.32. The minimum Gasteiger partial charge on any atom is -0.397 e. The second-order valence-corrected chi connectivity index (χ2v) is 7.10. The lowest BCUT2D eigenvalue weighted by Gasteiger charge is -2.10. The van der Waals surface area contributed by atoms with Gasteiger partial charge in [-0.05, 0) is 24.6 Å². The van der Waals surface area contributed by atoms with Gasteiger partial charge in [0.1, 0.15) is 0 Å². The van der Waals surface area contributed by atoms with Gasteiger partial charge < -0.3 is 5.73 Å². The molecule has 2 N–H and O–H groups in total. The SMILES string of the molecule is Cc1ccc(S/C(=C(/N)c2ccccc2)S(C)=O)cc1. The van der Waals surface area contributed by atoms with Gasteiger partial charge in [-0.15, -0.1) is 0 Å². The van der Waals surface area contributed by atoms with Crippen LogP contribution in [-0.4, -0.2) is 10.5 Å². The van der Waals surface area contributed by atoms with Crippen molar-refractivity contribution in [3.05, 3.63) is 70.0 Å². The van der Waals surface area contributed by atoms with Gasteiger partial charge in [-0.25, -0.2) is 0 Å². The van der Waals surface area contributed by atoms with Crippen molar-refractivity contribution in [2.75, 3.05) is 6.26 Å². The predicted octanol–water partition coefficient (Wildman–Crippen LogP) is 3.75. The van der Waals surface area contributed by atoms with Crippen molar-refractivity contribution in [3.63, 3.8) is 0 Å². The molecule has 0 aliphatic rings. The molecular formula is C16H17NOS2. The quantitative estimate of drug-likeness (QED) is 0.875. The van der Waals surface area contributed by atoms with Crippen LogP contribution in [0.25, 0.3) is 5.70 Å². The molecule has 0 saturated carbocycles. The Hall–Kier alpha value is -1.52. The minimum atomic E-state index is -1.12. The molecule has 2 aromatic rings. The zero-order valence-corrected chi connectivity index (χ0v) is 13.1. The van der Waals surface area contributed by atoms with Crippen LogP contribution in [0.5, 0.6) is 0 Å². The Morgan fingerprint density at radius 3 is 2.20 bits per heavy atom. The summed E-state index contributed by atoms with van der Waals surface area (Å²) in [6, 6.07) is 17.8. The highest BCUT2D eigenvalue weighted by atomic mass is 32.2. The summed E-state index contributed by atoms with van der Waals surface area (Å²) in [5.41, 5.74) is 8.87. The third-order valence-electron chi connectivity index (χ3n) is 2.80. The van der Waals surface area contributed by atoms with Crippen molar-refractivity contribution in [3.8, 4) is 0 Å². The zero-order valence-electron chi connectivity index (χ0n) is 11.5. The van der Waals surface area contributed by atoms with E-state index in [4.69, 9.17) is 5.73 Å². The van der Waals surface area contributed by atoms with E-state index in [1.165, 1.54) is 17.3 Å². The Bertz CT molecular complexity index is 633. The van der Waals surface area contributed by atoms with Gasteiger partial charge >= 0.3 is 0 Å². The summed E-state index contributed by atoms with van der Waals surface area (Å²) in [7, 11) is -1.12. The molecular weight excluding hydrogens is 286 g/mol. The highest BCUT2D eigenvalue weighted by Gasteiger charge is 2.12. The van der Waals surface area contributed by atoms with E-state index in [1.54, 1.807) is 6.26 Å². The molecule has 20 heavy (non-hydrogen) atoms. The molecule has 104 valence electrons. The predicted molar refractivity (Wildman–Crippen MR) is 88.7 cm³/mol. The van der Waals surface area contributed by atoms with Crippen molar-refractivity contribution < 1.29 is 4.21 Å². The number of nitrogens with two attached hydrogens (primary N) is 1. The average Bonchev–Trinajstić information content (AvgIpc) is 2.46. The number of hydrogen-bond donors (Lipinski definition) is 1. The number of thioether (sulfide) groups is 1. The van der Waals surface area contributed by atoms with E-state index in [0.29, 0.717) is 9.93 Å². The Morgan fingerprint density at radius 1 is 1.05 bits per heavy atom. The third kappa shape index (κ3) is 3.74. The normalized spacial score (nSPS) is 13.7. The van der Waals surface area contributed by atoms with Crippen molar-refractivity contribution >= 4 is 28.3 Å². The molecule has 0 aromatic heterocycles. The molecule has 0 aliphatic heterocycles. The Morgan fingerprint density at radius 2 is 1.65 bits per heavy atom. The van der Waals surface area contributed by atoms with Gasteiger partial charge in [0.2, 0.25) is 0 Å². The summed E-state index contributed by atoms with van der Waals surface area (Å²) in [6.45, 7) is 2.04. The fraction of sp³-hybridized carbons (Fsp3) is 0.125. The molecule has 0 amide bonds. The topological polar surface area (TPSA) is 43.1 Å². The Labute approximate surface area is 126 Å². The molecule has 0 radical (unpaired) electrons. The number of aryl methyl sites for hydroxylation is 1. The maximum absolute atomic E-state index is 12.0. The molecule has 2 rings (SSSR count). The molecule has 1 atom stereocenters. The number of hydrogen-bond acceptors (Lipinski definition) is 3. The van der Waals surface area contributed by atoms with Gasteiger partial charge in [0, 0.05) is 11.2 Å². The maximum Gasteiger partial charge on any atom is 0.0997 e. The first-order valence-corrected chi connectivity index (χ1v) is 8.58. The van der Waals surface area contributed by atoms with E-state index >= 15 is 0 Å². The zero-order chi connectivity index (χ0) is 14.5. The Kier molecular flexibility index (Phi) is 5.04. The van der Waals surface area contributed by atoms with Crippen LogP contribution in [0.15, 0.2) is 63.7 Å². The van der Waals surface area contributed by atoms with Crippen molar-refractivity contribution in [2.45, 2.75) is 11.8 Å². The summed E-state index contributed by atoms with van der Waals surface area (Å²) in [6.07, 6.45) is 1.66. The van der Waals surface area contributed by atoms with E-state index in [9.17, 15) is 4.21 Å². The van der Waals surface area contributed by atoms with Gasteiger partial charge in [0.05, 0.1) is 20.7 Å². The van der Waals surface area contributed by atoms with Gasteiger partial charge in [0.25, 0.3) is 0 Å². The first-order valence-electron chi connectivity index (χ1n) is 6.21. The molecule has 2 aromatic carbocycles. The van der Waals surface area contributed by atoms with Crippen molar-refractivity contribution in [1.82, 2.24) is 0 Å². The van der Waals surface area contributed by atoms with E-state index in [-0.39, 0.29) is 0 Å². The first kappa shape index (κ1) is 14.9. The fourth-order valence-corrected chi connectivity index (χ4v) is 3.62. The summed E-state index contributed by atoms with van der Waals surface area (Å²) in [5, 5.41) is 0. The molecule has 0 aliphatic carbocycles. The van der Waals surface area contributed by atoms with Crippen LogP contribution < -0.4 is 5.73 Å². The van der Waals surface area contributed by atoms with E-state index in [2.05, 4.69) is 0 Å². The van der Waals surface area contributed by atoms with E-state index in [0.717, 1.165) is 10.5 Å². The maximum atomic E-state index is 12.0. The molecule has 0 saturated heterocycles. The van der Waals surface area contributed by atoms with Crippen LogP contribution in [-0.2, 0) is 10.8 Å². The summed E-state index contributed by atoms with van der Waals surface area (Å²) in [5.74, 6) is 0. The highest BCUT2D eigenvalue weighted by molar-refractivity contribution is 8.16. The number of benzene rings is 2. The standard InChI is InChI=1S/C16H17NOS2/c1-12-8-10-14(11-9-12)19-16(20(2)18)15(17)13-6-4-3-5-7-13/h3-11H,17H2,1-2H3/b16-15-. The lowest BCUT2D eigenvalue weighted by atomic mass is 10.2. The Balaban J connectivity index is 2.36. The molecule has 0 bridgehead atoms. The van der Waals surface area contributed by atoms with Crippen LogP contribution in [0, 0.1) is 6.92 Å². The molecule has 1 unspecified atom stereocenters. The van der Waals surface area contributed by atoms with Crippen LogP contribution in [0.3, 0.4) is 0 Å². The average molecular weight is 303 g/mol. The van der Waals surface area contributed by atoms with Crippen molar-refractivity contribution in [2.24, 2.45) is 5.73 Å². The van der Waals surface area contributed by atoms with E-state index < -0.39 is 10.8 Å². The molecule has 0 heterocycles. The third-order valence-corrected chi connectivity index (χ3v) is 5.41. The first-order chi connectivity index (χ1) is 9.58. The van der Waals surface area contributed by atoms with Gasteiger partial charge in [-0.3, -0.25) is 4.21 Å². The minimum absolute atomic E-state index is 0.581. The summed E-state index contributed by atoms with van der Waals surface area (Å²) < 4.78 is 12.7. The van der Waals surface area contributed by atoms with Gasteiger partial charge in [-0.2, -0.15) is 0 Å². The van der Waals surface area contributed by atoms with E-state index in [1.807, 2.05) is 61.5 Å². The van der Waals surface area contributed by atoms with Crippen LogP contribution in [0.2, 0.25) is 0 Å². The lowest BCUT2D eigenvalue weighted by Crippen LogP contribution is -2.03. The largest absolute Gasteiger partial charge is 0.397 e. The second-order valence-electron chi connectivity index (χ2n) is 4.44. The molecule has 2 nitrogen and oxygen atoms in total. The molecule has 0 fully saturated rings.